The largest absolute Gasteiger partial charge is 0.573 e. The van der Waals surface area contributed by atoms with Crippen molar-refractivity contribution in [3.8, 4) is 5.75 Å². The fraction of sp³-hybridized carbons (Fsp3) is 0.500. The molecule has 35 heavy (non-hydrogen) atoms. The molecule has 1 aliphatic rings. The molecule has 0 aliphatic carbocycles. The summed E-state index contributed by atoms with van der Waals surface area (Å²) in [5.74, 6) is -1.95. The molecule has 1 saturated heterocycles. The molecular formula is C22H25ClF4N4O4. The van der Waals surface area contributed by atoms with Crippen molar-refractivity contribution in [2.24, 2.45) is 0 Å². The number of nitrogens with zero attached hydrogens (tertiary/aromatic N) is 3. The normalized spacial score (nSPS) is 18.3. The number of alkyl halides is 3. The predicted octanol–water partition coefficient (Wildman–Crippen LogP) is 5.87. The molecule has 1 aliphatic heterocycles. The number of aromatic nitrogens is 2. The highest BCUT2D eigenvalue weighted by Gasteiger charge is 2.40. The van der Waals surface area contributed by atoms with Gasteiger partial charge in [0, 0.05) is 6.07 Å². The molecule has 3 atom stereocenters. The van der Waals surface area contributed by atoms with Gasteiger partial charge in [0.05, 0.1) is 17.7 Å². The summed E-state index contributed by atoms with van der Waals surface area (Å²) in [6, 6.07) is 3.33. The van der Waals surface area contributed by atoms with Crippen molar-refractivity contribution in [3.63, 3.8) is 0 Å². The van der Waals surface area contributed by atoms with Crippen molar-refractivity contribution < 1.29 is 36.6 Å². The minimum Gasteiger partial charge on any atom is -0.447 e. The van der Waals surface area contributed by atoms with Crippen molar-refractivity contribution in [1.82, 2.24) is 9.97 Å². The van der Waals surface area contributed by atoms with Crippen molar-refractivity contribution in [1.29, 1.82) is 0 Å². The molecular weight excluding hydrogens is 496 g/mol. The zero-order valence-corrected chi connectivity index (χ0v) is 20.4. The number of hydrogen-bond donors (Lipinski definition) is 1. The molecule has 0 bridgehead atoms. The van der Waals surface area contributed by atoms with E-state index >= 15 is 0 Å². The summed E-state index contributed by atoms with van der Waals surface area (Å²) in [6.07, 6.45) is -6.04. The van der Waals surface area contributed by atoms with E-state index in [1.165, 1.54) is 17.0 Å². The fourth-order valence-electron chi connectivity index (χ4n) is 3.55. The van der Waals surface area contributed by atoms with E-state index in [4.69, 9.17) is 21.1 Å². The first-order chi connectivity index (χ1) is 16.1. The minimum absolute atomic E-state index is 0.0128. The second kappa shape index (κ2) is 10.0. The first-order valence-electron chi connectivity index (χ1n) is 10.6. The van der Waals surface area contributed by atoms with Gasteiger partial charge in [0.15, 0.2) is 11.6 Å². The average Bonchev–Trinajstić information content (AvgIpc) is 3.08. The maximum Gasteiger partial charge on any atom is 0.573 e. The van der Waals surface area contributed by atoms with Crippen LogP contribution in [0.1, 0.15) is 46.2 Å². The molecule has 1 unspecified atom stereocenters. The van der Waals surface area contributed by atoms with Crippen LogP contribution in [0.25, 0.3) is 0 Å². The number of amides is 1. The highest BCUT2D eigenvalue weighted by atomic mass is 35.5. The van der Waals surface area contributed by atoms with Gasteiger partial charge in [0.25, 0.3) is 0 Å². The van der Waals surface area contributed by atoms with Crippen LogP contribution in [-0.4, -0.2) is 46.8 Å². The summed E-state index contributed by atoms with van der Waals surface area (Å²) >= 11 is 6.16. The van der Waals surface area contributed by atoms with Crippen LogP contribution in [0.4, 0.5) is 34.1 Å². The molecule has 8 nitrogen and oxygen atoms in total. The lowest BCUT2D eigenvalue weighted by Crippen LogP contribution is -2.45. The van der Waals surface area contributed by atoms with Crippen molar-refractivity contribution in [3.05, 3.63) is 40.8 Å². The number of hydrogen-bond acceptors (Lipinski definition) is 7. The zero-order chi connectivity index (χ0) is 26.1. The second-order valence-electron chi connectivity index (χ2n) is 8.93. The van der Waals surface area contributed by atoms with Gasteiger partial charge in [0.2, 0.25) is 5.95 Å². The van der Waals surface area contributed by atoms with E-state index in [0.29, 0.717) is 5.56 Å². The monoisotopic (exact) mass is 520 g/mol. The Labute approximate surface area is 204 Å². The molecule has 1 aromatic heterocycles. The number of benzene rings is 1. The molecule has 13 heteroatoms. The van der Waals surface area contributed by atoms with E-state index in [0.717, 1.165) is 12.1 Å². The molecule has 192 valence electrons. The van der Waals surface area contributed by atoms with E-state index < -0.39 is 47.8 Å². The first kappa shape index (κ1) is 26.7. The Morgan fingerprint density at radius 1 is 1.20 bits per heavy atom. The Balaban J connectivity index is 1.81. The molecule has 1 amide bonds. The number of carbonyl (C=O) groups is 1. The van der Waals surface area contributed by atoms with Gasteiger partial charge in [0.1, 0.15) is 23.6 Å². The van der Waals surface area contributed by atoms with Crippen LogP contribution < -0.4 is 15.0 Å². The van der Waals surface area contributed by atoms with Crippen LogP contribution in [0, 0.1) is 5.82 Å². The molecule has 0 spiro atoms. The van der Waals surface area contributed by atoms with E-state index in [-0.39, 0.29) is 23.5 Å². The highest BCUT2D eigenvalue weighted by Crippen LogP contribution is 2.31. The number of nitrogens with one attached hydrogen (secondary N) is 1. The number of anilines is 2. The molecule has 0 saturated carbocycles. The van der Waals surface area contributed by atoms with Gasteiger partial charge in [-0.25, -0.2) is 14.2 Å². The smallest absolute Gasteiger partial charge is 0.447 e. The molecule has 3 rings (SSSR count). The second-order valence-corrected chi connectivity index (χ2v) is 9.31. The van der Waals surface area contributed by atoms with Crippen molar-refractivity contribution in [2.75, 3.05) is 16.8 Å². The van der Waals surface area contributed by atoms with Gasteiger partial charge in [-0.2, -0.15) is 4.98 Å². The average molecular weight is 521 g/mol. The summed E-state index contributed by atoms with van der Waals surface area (Å²) in [5, 5.41) is 2.93. The van der Waals surface area contributed by atoms with E-state index in [2.05, 4.69) is 20.0 Å². The SMILES string of the molecule is C[C@H](Nc1nc(Cl)cc(N2C(=O)OCC2[C@@H](C)OC(C)(C)C)n1)c1ccc(OC(F)(F)F)c(F)c1. The van der Waals surface area contributed by atoms with Gasteiger partial charge in [-0.3, -0.25) is 4.90 Å². The third-order valence-corrected chi connectivity index (χ3v) is 5.14. The topological polar surface area (TPSA) is 85.8 Å². The zero-order valence-electron chi connectivity index (χ0n) is 19.6. The van der Waals surface area contributed by atoms with E-state index in [9.17, 15) is 22.4 Å². The third kappa shape index (κ3) is 7.07. The van der Waals surface area contributed by atoms with Gasteiger partial charge in [-0.15, -0.1) is 13.2 Å². The predicted molar refractivity (Wildman–Crippen MR) is 120 cm³/mol. The first-order valence-corrected chi connectivity index (χ1v) is 11.0. The standard InChI is InChI=1S/C22H25ClF4N4O4/c1-11(13-6-7-16(14(24)8-13)35-22(25,26)27)28-19-29-17(23)9-18(30-19)31-15(10-33-20(31)32)12(2)34-21(3,4)5/h6-9,11-12,15H,10H2,1-5H3,(H,28,29,30)/t11-,12+,15?/m0/s1. The van der Waals surface area contributed by atoms with Gasteiger partial charge < -0.3 is 19.5 Å². The molecule has 0 radical (unpaired) electrons. The lowest BCUT2D eigenvalue weighted by Gasteiger charge is -2.31. The maximum absolute atomic E-state index is 14.1. The summed E-state index contributed by atoms with van der Waals surface area (Å²) in [4.78, 5) is 22.2. The number of cyclic esters (lactones) is 1. The lowest BCUT2D eigenvalue weighted by atomic mass is 10.1. The number of rotatable bonds is 7. The Bertz CT molecular complexity index is 1080. The molecule has 1 fully saturated rings. The number of halogens is 5. The van der Waals surface area contributed by atoms with Gasteiger partial charge in [-0.1, -0.05) is 17.7 Å². The van der Waals surface area contributed by atoms with Crippen molar-refractivity contribution >= 4 is 29.5 Å². The molecule has 1 N–H and O–H groups in total. The van der Waals surface area contributed by atoms with Crippen molar-refractivity contribution in [2.45, 2.75) is 64.8 Å². The summed E-state index contributed by atoms with van der Waals surface area (Å²) < 4.78 is 66.1. The van der Waals surface area contributed by atoms with Crippen LogP contribution in [0.2, 0.25) is 5.15 Å². The Morgan fingerprint density at radius 2 is 1.89 bits per heavy atom. The number of ether oxygens (including phenoxy) is 3. The van der Waals surface area contributed by atoms with Crippen LogP contribution in [-0.2, 0) is 9.47 Å². The van der Waals surface area contributed by atoms with Crippen LogP contribution in [0.15, 0.2) is 24.3 Å². The van der Waals surface area contributed by atoms with E-state index in [1.807, 2.05) is 27.7 Å². The molecule has 2 heterocycles. The summed E-state index contributed by atoms with van der Waals surface area (Å²) in [7, 11) is 0. The summed E-state index contributed by atoms with van der Waals surface area (Å²) in [5.41, 5.74) is -0.161. The van der Waals surface area contributed by atoms with Crippen LogP contribution in [0.5, 0.6) is 5.75 Å². The highest BCUT2D eigenvalue weighted by molar-refractivity contribution is 6.29. The molecule has 1 aromatic carbocycles. The Morgan fingerprint density at radius 3 is 2.49 bits per heavy atom. The van der Waals surface area contributed by atoms with Crippen LogP contribution in [0.3, 0.4) is 0 Å². The number of carbonyl (C=O) groups excluding carboxylic acids is 1. The Hall–Kier alpha value is -2.86. The maximum atomic E-state index is 14.1. The van der Waals surface area contributed by atoms with E-state index in [1.54, 1.807) is 6.92 Å². The quantitative estimate of drug-likeness (QED) is 0.361. The molecule has 2 aromatic rings. The van der Waals surface area contributed by atoms with Gasteiger partial charge in [-0.05, 0) is 52.3 Å². The minimum atomic E-state index is -5.01. The third-order valence-electron chi connectivity index (χ3n) is 4.94. The van der Waals surface area contributed by atoms with Gasteiger partial charge >= 0.3 is 12.5 Å². The van der Waals surface area contributed by atoms with Crippen LogP contribution >= 0.6 is 11.6 Å². The lowest BCUT2D eigenvalue weighted by molar-refractivity contribution is -0.275. The summed E-state index contributed by atoms with van der Waals surface area (Å²) in [6.45, 7) is 9.19. The Kier molecular flexibility index (Phi) is 7.65. The fourth-order valence-corrected chi connectivity index (χ4v) is 3.72.